The number of rotatable bonds is 9. The van der Waals surface area contributed by atoms with Gasteiger partial charge < -0.3 is 23.7 Å². The van der Waals surface area contributed by atoms with E-state index in [1.54, 1.807) is 32.1 Å². The predicted molar refractivity (Wildman–Crippen MR) is 149 cm³/mol. The van der Waals surface area contributed by atoms with Crippen molar-refractivity contribution in [2.75, 3.05) is 27.9 Å². The summed E-state index contributed by atoms with van der Waals surface area (Å²) in [5.41, 5.74) is 1.83. The van der Waals surface area contributed by atoms with Gasteiger partial charge in [-0.2, -0.15) is 0 Å². The van der Waals surface area contributed by atoms with Crippen molar-refractivity contribution in [3.05, 3.63) is 78.5 Å². The fourth-order valence-electron chi connectivity index (χ4n) is 4.49. The van der Waals surface area contributed by atoms with Crippen molar-refractivity contribution in [2.45, 2.75) is 39.8 Å². The number of carbonyl (C=O) groups excluding carboxylic acids is 1. The maximum absolute atomic E-state index is 14.0. The summed E-state index contributed by atoms with van der Waals surface area (Å²) >= 11 is 1.23. The van der Waals surface area contributed by atoms with Crippen molar-refractivity contribution < 1.29 is 28.5 Å². The van der Waals surface area contributed by atoms with E-state index in [0.717, 1.165) is 0 Å². The summed E-state index contributed by atoms with van der Waals surface area (Å²) in [4.78, 5) is 32.3. The van der Waals surface area contributed by atoms with Crippen molar-refractivity contribution in [3.8, 4) is 23.0 Å². The molecule has 9 nitrogen and oxygen atoms in total. The number of aromatic nitrogens is 1. The van der Waals surface area contributed by atoms with Crippen LogP contribution in [-0.2, 0) is 9.53 Å². The number of thiazole rings is 1. The van der Waals surface area contributed by atoms with Gasteiger partial charge in [0, 0.05) is 5.56 Å². The maximum atomic E-state index is 14.0. The Balaban J connectivity index is 1.98. The summed E-state index contributed by atoms with van der Waals surface area (Å²) in [6, 6.07) is 10.1. The number of hydrogen-bond acceptors (Lipinski definition) is 9. The molecule has 0 amide bonds. The molecule has 0 unspecified atom stereocenters. The standard InChI is InChI=1S/C29H32N2O7S/c1-8-37-28(33)24-17(4)30-29-31(25(24)19-11-9-10-12-20(19)38-16(2)3)27(32)23(39-29)15-18-13-21(34-5)26(36-7)22(14-18)35-6/h9-16,25H,8H2,1-7H3/b23-15+/t25-/m1/s1. The fourth-order valence-corrected chi connectivity index (χ4v) is 5.54. The minimum absolute atomic E-state index is 0.113. The molecule has 3 aromatic rings. The monoisotopic (exact) mass is 552 g/mol. The summed E-state index contributed by atoms with van der Waals surface area (Å²) in [5.74, 6) is 1.44. The lowest BCUT2D eigenvalue weighted by Gasteiger charge is -2.26. The van der Waals surface area contributed by atoms with E-state index >= 15 is 0 Å². The van der Waals surface area contributed by atoms with Gasteiger partial charge in [-0.25, -0.2) is 9.79 Å². The first-order valence-corrected chi connectivity index (χ1v) is 13.3. The SMILES string of the molecule is CCOC(=O)C1=C(C)N=c2s/c(=C/c3cc(OC)c(OC)c(OC)c3)c(=O)n2[C@@H]1c1ccccc1OC(C)C. The van der Waals surface area contributed by atoms with Crippen molar-refractivity contribution in [3.63, 3.8) is 0 Å². The van der Waals surface area contributed by atoms with E-state index in [2.05, 4.69) is 4.99 Å². The zero-order chi connectivity index (χ0) is 28.3. The highest BCUT2D eigenvalue weighted by Gasteiger charge is 2.35. The number of fused-ring (bicyclic) bond motifs is 1. The predicted octanol–water partition coefficient (Wildman–Crippen LogP) is 3.61. The molecular weight excluding hydrogens is 520 g/mol. The van der Waals surface area contributed by atoms with Gasteiger partial charge in [0.25, 0.3) is 5.56 Å². The molecule has 0 saturated heterocycles. The molecule has 0 N–H and O–H groups in total. The normalized spacial score (nSPS) is 15.1. The molecule has 1 atom stereocenters. The second kappa shape index (κ2) is 11.8. The van der Waals surface area contributed by atoms with Crippen LogP contribution in [0.4, 0.5) is 0 Å². The fraction of sp³-hybridized carbons (Fsp3) is 0.345. The second-order valence-corrected chi connectivity index (χ2v) is 9.97. The lowest BCUT2D eigenvalue weighted by atomic mass is 9.95. The highest BCUT2D eigenvalue weighted by Crippen LogP contribution is 2.39. The maximum Gasteiger partial charge on any atom is 0.338 e. The first-order valence-electron chi connectivity index (χ1n) is 12.5. The van der Waals surface area contributed by atoms with Crippen molar-refractivity contribution >= 4 is 23.4 Å². The van der Waals surface area contributed by atoms with E-state index in [1.807, 2.05) is 38.1 Å². The van der Waals surface area contributed by atoms with Gasteiger partial charge in [0.05, 0.1) is 49.8 Å². The van der Waals surface area contributed by atoms with Gasteiger partial charge in [0.15, 0.2) is 16.3 Å². The molecule has 0 saturated carbocycles. The molecule has 4 rings (SSSR count). The number of carbonyl (C=O) groups is 1. The number of hydrogen-bond donors (Lipinski definition) is 0. The number of esters is 1. The quantitative estimate of drug-likeness (QED) is 0.374. The van der Waals surface area contributed by atoms with Crippen LogP contribution in [0, 0.1) is 0 Å². The number of allylic oxidation sites excluding steroid dienone is 1. The van der Waals surface area contributed by atoms with Crippen molar-refractivity contribution in [1.82, 2.24) is 4.57 Å². The molecule has 0 spiro atoms. The summed E-state index contributed by atoms with van der Waals surface area (Å²) in [6.07, 6.45) is 1.63. The van der Waals surface area contributed by atoms with E-state index in [-0.39, 0.29) is 18.3 Å². The molecule has 0 radical (unpaired) electrons. The Morgan fingerprint density at radius 1 is 1.08 bits per heavy atom. The van der Waals surface area contributed by atoms with E-state index in [9.17, 15) is 9.59 Å². The number of para-hydroxylation sites is 1. The third-order valence-electron chi connectivity index (χ3n) is 6.08. The van der Waals surface area contributed by atoms with Crippen LogP contribution in [0.25, 0.3) is 6.08 Å². The Kier molecular flexibility index (Phi) is 8.44. The average molecular weight is 553 g/mol. The van der Waals surface area contributed by atoms with E-state index in [1.165, 1.54) is 37.2 Å². The smallest absolute Gasteiger partial charge is 0.338 e. The van der Waals surface area contributed by atoms with Crippen LogP contribution in [0.1, 0.15) is 44.9 Å². The molecule has 0 fully saturated rings. The first-order chi connectivity index (χ1) is 18.7. The number of nitrogens with zero attached hydrogens (tertiary/aromatic N) is 2. The Morgan fingerprint density at radius 2 is 1.74 bits per heavy atom. The van der Waals surface area contributed by atoms with E-state index in [4.69, 9.17) is 23.7 Å². The summed E-state index contributed by atoms with van der Waals surface area (Å²) in [5, 5.41) is 0. The van der Waals surface area contributed by atoms with Crippen LogP contribution in [-0.4, -0.2) is 44.6 Å². The molecule has 0 bridgehead atoms. The number of methoxy groups -OCH3 is 3. The Labute approximate surface area is 230 Å². The largest absolute Gasteiger partial charge is 0.493 e. The Hall–Kier alpha value is -4.05. The summed E-state index contributed by atoms with van der Waals surface area (Å²) in [7, 11) is 4.60. The van der Waals surface area contributed by atoms with Gasteiger partial charge >= 0.3 is 5.97 Å². The van der Waals surface area contributed by atoms with E-state index in [0.29, 0.717) is 54.7 Å². The molecule has 1 aliphatic heterocycles. The molecule has 1 aliphatic rings. The lowest BCUT2D eigenvalue weighted by Crippen LogP contribution is -2.40. The van der Waals surface area contributed by atoms with Crippen LogP contribution in [0.3, 0.4) is 0 Å². The van der Waals surface area contributed by atoms with Crippen LogP contribution in [0.15, 0.2) is 57.5 Å². The third-order valence-corrected chi connectivity index (χ3v) is 7.06. The van der Waals surface area contributed by atoms with Crippen LogP contribution < -0.4 is 33.8 Å². The summed E-state index contributed by atoms with van der Waals surface area (Å²) in [6.45, 7) is 7.53. The minimum atomic E-state index is -0.780. The van der Waals surface area contributed by atoms with Gasteiger partial charge in [-0.15, -0.1) is 0 Å². The molecule has 0 aliphatic carbocycles. The van der Waals surface area contributed by atoms with Crippen LogP contribution in [0.2, 0.25) is 0 Å². The van der Waals surface area contributed by atoms with E-state index < -0.39 is 12.0 Å². The Bertz CT molecular complexity index is 1580. The topological polar surface area (TPSA) is 97.6 Å². The zero-order valence-electron chi connectivity index (χ0n) is 23.1. The zero-order valence-corrected chi connectivity index (χ0v) is 23.9. The Morgan fingerprint density at radius 3 is 2.33 bits per heavy atom. The molecule has 206 valence electrons. The highest BCUT2D eigenvalue weighted by molar-refractivity contribution is 7.07. The van der Waals surface area contributed by atoms with Gasteiger partial charge in [0.2, 0.25) is 5.75 Å². The number of ether oxygens (including phenoxy) is 5. The third kappa shape index (κ3) is 5.42. The van der Waals surface area contributed by atoms with Gasteiger partial charge in [-0.3, -0.25) is 9.36 Å². The molecule has 2 heterocycles. The minimum Gasteiger partial charge on any atom is -0.493 e. The molecular formula is C29H32N2O7S. The lowest BCUT2D eigenvalue weighted by molar-refractivity contribution is -0.139. The van der Waals surface area contributed by atoms with Crippen molar-refractivity contribution in [2.24, 2.45) is 4.99 Å². The van der Waals surface area contributed by atoms with Crippen LogP contribution in [0.5, 0.6) is 23.0 Å². The average Bonchev–Trinajstić information content (AvgIpc) is 3.21. The van der Waals surface area contributed by atoms with Gasteiger partial charge in [-0.05, 0) is 57.5 Å². The summed E-state index contributed by atoms with van der Waals surface area (Å²) < 4.78 is 29.8. The molecule has 39 heavy (non-hydrogen) atoms. The highest BCUT2D eigenvalue weighted by atomic mass is 32.1. The van der Waals surface area contributed by atoms with Gasteiger partial charge in [0.1, 0.15) is 11.8 Å². The number of benzene rings is 2. The first kappa shape index (κ1) is 28.0. The molecule has 1 aromatic heterocycles. The molecule has 2 aromatic carbocycles. The second-order valence-electron chi connectivity index (χ2n) is 8.97. The van der Waals surface area contributed by atoms with Gasteiger partial charge in [-0.1, -0.05) is 29.5 Å². The van der Waals surface area contributed by atoms with Crippen LogP contribution >= 0.6 is 11.3 Å². The van der Waals surface area contributed by atoms with Crippen molar-refractivity contribution in [1.29, 1.82) is 0 Å². The molecule has 10 heteroatoms.